The number of anilines is 1. The van der Waals surface area contributed by atoms with E-state index in [1.165, 1.54) is 17.9 Å². The Labute approximate surface area is 228 Å². The van der Waals surface area contributed by atoms with Crippen LogP contribution in [0.3, 0.4) is 0 Å². The molecule has 0 spiro atoms. The molecule has 3 heterocycles. The van der Waals surface area contributed by atoms with Crippen LogP contribution in [0.5, 0.6) is 11.6 Å². The van der Waals surface area contributed by atoms with Crippen LogP contribution in [0.4, 0.5) is 5.69 Å². The van der Waals surface area contributed by atoms with E-state index in [-0.39, 0.29) is 21.9 Å². The highest BCUT2D eigenvalue weighted by atomic mass is 35.5. The van der Waals surface area contributed by atoms with E-state index in [9.17, 15) is 14.7 Å². The van der Waals surface area contributed by atoms with Crippen molar-refractivity contribution in [3.63, 3.8) is 0 Å². The Kier molecular flexibility index (Phi) is 6.69. The summed E-state index contributed by atoms with van der Waals surface area (Å²) in [6.45, 7) is 3.70. The summed E-state index contributed by atoms with van der Waals surface area (Å²) in [4.78, 5) is 28.9. The minimum atomic E-state index is -0.621. The van der Waals surface area contributed by atoms with Gasteiger partial charge in [0.2, 0.25) is 0 Å². The summed E-state index contributed by atoms with van der Waals surface area (Å²) in [6.07, 6.45) is 3.75. The first-order valence-corrected chi connectivity index (χ1v) is 12.5. The Bertz CT molecular complexity index is 1630. The lowest BCUT2D eigenvalue weighted by Gasteiger charge is -2.16. The Morgan fingerprint density at radius 2 is 1.71 bits per heavy atom. The largest absolute Gasteiger partial charge is 0.858 e. The van der Waals surface area contributed by atoms with Crippen molar-refractivity contribution in [2.45, 2.75) is 20.3 Å². The fourth-order valence-corrected chi connectivity index (χ4v) is 4.71. The van der Waals surface area contributed by atoms with Gasteiger partial charge in [-0.15, -0.1) is 0 Å². The number of ether oxygens (including phenoxy) is 1. The second-order valence-electron chi connectivity index (χ2n) is 8.65. The van der Waals surface area contributed by atoms with E-state index in [0.717, 1.165) is 10.5 Å². The quantitative estimate of drug-likeness (QED) is 0.263. The number of hydrogen-bond donors (Lipinski definition) is 0. The number of imide groups is 1. The van der Waals surface area contributed by atoms with Crippen molar-refractivity contribution in [3.05, 3.63) is 93.9 Å². The Morgan fingerprint density at radius 1 is 1.00 bits per heavy atom. The number of methoxy groups -OCH3 is 1. The van der Waals surface area contributed by atoms with Crippen LogP contribution in [0.15, 0.2) is 67.0 Å². The Balaban J connectivity index is 1.75. The summed E-state index contributed by atoms with van der Waals surface area (Å²) in [5.74, 6) is -1.15. The number of nitrogens with zero attached hydrogens (tertiary/aromatic N) is 4. The zero-order valence-corrected chi connectivity index (χ0v) is 22.2. The van der Waals surface area contributed by atoms with Gasteiger partial charge in [-0.05, 0) is 67.8 Å². The first-order valence-electron chi connectivity index (χ1n) is 11.7. The molecule has 0 saturated carbocycles. The molecule has 0 fully saturated rings. The van der Waals surface area contributed by atoms with Crippen molar-refractivity contribution in [2.75, 3.05) is 12.0 Å². The molecule has 0 saturated heterocycles. The summed E-state index contributed by atoms with van der Waals surface area (Å²) >= 11 is 12.2. The number of carbonyl (C=O) groups excluding carboxylic acids is 2. The van der Waals surface area contributed by atoms with Crippen molar-refractivity contribution in [1.29, 1.82) is 0 Å². The van der Waals surface area contributed by atoms with E-state index in [1.807, 2.05) is 19.9 Å². The van der Waals surface area contributed by atoms with Crippen LogP contribution in [0, 0.1) is 6.92 Å². The van der Waals surface area contributed by atoms with Gasteiger partial charge in [0.05, 0.1) is 34.2 Å². The van der Waals surface area contributed by atoms with Gasteiger partial charge < -0.3 is 9.84 Å². The minimum absolute atomic E-state index is 0.0189. The third-order valence-corrected chi connectivity index (χ3v) is 6.98. The molecule has 0 bridgehead atoms. The van der Waals surface area contributed by atoms with Gasteiger partial charge in [0.15, 0.2) is 12.4 Å². The van der Waals surface area contributed by atoms with Gasteiger partial charge in [-0.3, -0.25) is 9.59 Å². The third-order valence-electron chi connectivity index (χ3n) is 6.24. The van der Waals surface area contributed by atoms with Gasteiger partial charge >= 0.3 is 5.91 Å². The molecular formula is C28H22Cl2N4O4. The molecule has 8 nitrogen and oxygen atoms in total. The van der Waals surface area contributed by atoms with E-state index >= 15 is 0 Å². The average molecular weight is 549 g/mol. The molecule has 10 heteroatoms. The van der Waals surface area contributed by atoms with Gasteiger partial charge in [0.25, 0.3) is 11.6 Å². The summed E-state index contributed by atoms with van der Waals surface area (Å²) < 4.78 is 7.96. The number of benzene rings is 2. The van der Waals surface area contributed by atoms with Crippen LogP contribution in [0.2, 0.25) is 10.0 Å². The van der Waals surface area contributed by atoms with E-state index in [4.69, 9.17) is 27.9 Å². The maximum absolute atomic E-state index is 14.0. The molecule has 0 N–H and O–H groups in total. The van der Waals surface area contributed by atoms with E-state index in [2.05, 4.69) is 5.10 Å². The van der Waals surface area contributed by atoms with Crippen molar-refractivity contribution in [2.24, 2.45) is 0 Å². The van der Waals surface area contributed by atoms with Crippen molar-refractivity contribution >= 4 is 52.0 Å². The maximum Gasteiger partial charge on any atom is 0.331 e. The highest BCUT2D eigenvalue weighted by molar-refractivity contribution is 6.53. The number of hydrogen-bond acceptors (Lipinski definition) is 5. The summed E-state index contributed by atoms with van der Waals surface area (Å²) in [5, 5.41) is 18.9. The standard InChI is InChI=1S/C28H22Cl2N4O4/c1-4-22-23(27(36)34(31-22)18-9-12-20(29)21(30)14-18)24-25(32-13-5-6-16(2)15-32)28(37)33(26(24)35)17-7-10-19(38-3)11-8-17/h5-15H,4H2,1-3H3. The minimum Gasteiger partial charge on any atom is -0.858 e. The summed E-state index contributed by atoms with van der Waals surface area (Å²) in [5.41, 5.74) is 2.09. The van der Waals surface area contributed by atoms with Gasteiger partial charge in [-0.2, -0.15) is 9.67 Å². The molecule has 2 aromatic heterocycles. The summed E-state index contributed by atoms with van der Waals surface area (Å²) in [6, 6.07) is 14.9. The highest BCUT2D eigenvalue weighted by Crippen LogP contribution is 2.39. The number of carbonyl (C=O) groups is 2. The van der Waals surface area contributed by atoms with Crippen LogP contribution >= 0.6 is 23.2 Å². The molecule has 2 amide bonds. The van der Waals surface area contributed by atoms with Crippen LogP contribution in [0.25, 0.3) is 17.0 Å². The second-order valence-corrected chi connectivity index (χ2v) is 9.46. The van der Waals surface area contributed by atoms with Gasteiger partial charge in [0.1, 0.15) is 11.3 Å². The van der Waals surface area contributed by atoms with Gasteiger partial charge in [-0.1, -0.05) is 30.1 Å². The van der Waals surface area contributed by atoms with Crippen molar-refractivity contribution in [1.82, 2.24) is 9.78 Å². The molecular weight excluding hydrogens is 527 g/mol. The topological polar surface area (TPSA) is 91.4 Å². The van der Waals surface area contributed by atoms with Crippen LogP contribution in [0.1, 0.15) is 23.7 Å². The number of halogens is 2. The molecule has 1 aliphatic heterocycles. The van der Waals surface area contributed by atoms with Crippen molar-refractivity contribution in [3.8, 4) is 17.3 Å². The fourth-order valence-electron chi connectivity index (χ4n) is 4.42. The predicted octanol–water partition coefficient (Wildman–Crippen LogP) is 4.36. The van der Waals surface area contributed by atoms with E-state index in [0.29, 0.717) is 34.3 Å². The van der Waals surface area contributed by atoms with Gasteiger partial charge in [0, 0.05) is 17.2 Å². The van der Waals surface area contributed by atoms with Crippen molar-refractivity contribution < 1.29 is 24.0 Å². The lowest BCUT2D eigenvalue weighted by Crippen LogP contribution is -2.39. The molecule has 0 unspecified atom stereocenters. The number of amides is 2. The van der Waals surface area contributed by atoms with E-state index in [1.54, 1.807) is 59.4 Å². The van der Waals surface area contributed by atoms with Crippen LogP contribution < -0.4 is 19.3 Å². The Morgan fingerprint density at radius 3 is 2.34 bits per heavy atom. The van der Waals surface area contributed by atoms with Crippen LogP contribution in [-0.4, -0.2) is 28.7 Å². The molecule has 0 atom stereocenters. The molecule has 4 aromatic rings. The number of rotatable bonds is 6. The lowest BCUT2D eigenvalue weighted by molar-refractivity contribution is -0.577. The monoisotopic (exact) mass is 548 g/mol. The van der Waals surface area contributed by atoms with Gasteiger partial charge in [-0.25, -0.2) is 9.58 Å². The first kappa shape index (κ1) is 25.5. The number of pyridine rings is 1. The molecule has 0 aliphatic carbocycles. The SMILES string of the molecule is CCc1nn(-c2ccc(Cl)c(Cl)c2)c([O-])c1C1=C([n+]2cccc(C)c2)C(=O)N(c2ccc(OC)cc2)C1=O. The smallest absolute Gasteiger partial charge is 0.331 e. The molecule has 0 radical (unpaired) electrons. The normalized spacial score (nSPS) is 13.6. The first-order chi connectivity index (χ1) is 18.2. The third kappa shape index (κ3) is 4.21. The zero-order chi connectivity index (χ0) is 27.1. The second kappa shape index (κ2) is 9.96. The number of aromatic nitrogens is 3. The number of aryl methyl sites for hydroxylation is 2. The molecule has 5 rings (SSSR count). The zero-order valence-electron chi connectivity index (χ0n) is 20.7. The molecule has 1 aliphatic rings. The maximum atomic E-state index is 14.0. The molecule has 2 aromatic carbocycles. The van der Waals surface area contributed by atoms with Crippen LogP contribution in [-0.2, 0) is 16.0 Å². The predicted molar refractivity (Wildman–Crippen MR) is 142 cm³/mol. The lowest BCUT2D eigenvalue weighted by atomic mass is 10.0. The summed E-state index contributed by atoms with van der Waals surface area (Å²) in [7, 11) is 1.53. The average Bonchev–Trinajstić information content (AvgIpc) is 3.37. The highest BCUT2D eigenvalue weighted by Gasteiger charge is 2.47. The Hall–Kier alpha value is -4.14. The molecule has 38 heavy (non-hydrogen) atoms. The van der Waals surface area contributed by atoms with E-state index < -0.39 is 17.7 Å². The fraction of sp³-hybridized carbons (Fsp3) is 0.143. The molecule has 192 valence electrons.